The van der Waals surface area contributed by atoms with Gasteiger partial charge in [0.15, 0.2) is 5.82 Å². The molecule has 1 aliphatic heterocycles. The minimum atomic E-state index is 0.137. The lowest BCUT2D eigenvalue weighted by Gasteiger charge is -2.35. The predicted molar refractivity (Wildman–Crippen MR) is 154 cm³/mol. The Morgan fingerprint density at radius 3 is 2.41 bits per heavy atom. The lowest BCUT2D eigenvalue weighted by atomic mass is 9.80. The van der Waals surface area contributed by atoms with Crippen molar-refractivity contribution in [1.82, 2.24) is 24.5 Å². The van der Waals surface area contributed by atoms with Crippen molar-refractivity contribution in [2.45, 2.75) is 63.8 Å². The third-order valence-corrected chi connectivity index (χ3v) is 8.86. The van der Waals surface area contributed by atoms with Crippen LogP contribution in [0.15, 0.2) is 48.5 Å². The second-order valence-electron chi connectivity index (χ2n) is 11.6. The van der Waals surface area contributed by atoms with Gasteiger partial charge in [-0.25, -0.2) is 0 Å². The van der Waals surface area contributed by atoms with Crippen LogP contribution in [0.25, 0.3) is 16.6 Å². The van der Waals surface area contributed by atoms with Crippen LogP contribution in [0.3, 0.4) is 0 Å². The Kier molecular flexibility index (Phi) is 6.33. The van der Waals surface area contributed by atoms with Gasteiger partial charge in [0.05, 0.1) is 6.04 Å². The summed E-state index contributed by atoms with van der Waals surface area (Å²) in [5.41, 5.74) is 1.32. The van der Waals surface area contributed by atoms with E-state index in [-0.39, 0.29) is 11.9 Å². The van der Waals surface area contributed by atoms with Gasteiger partial charge in [-0.15, -0.1) is 5.10 Å². The van der Waals surface area contributed by atoms with Gasteiger partial charge in [0.25, 0.3) is 5.78 Å². The number of fused-ring (bicyclic) bond motifs is 2. The molecule has 1 saturated heterocycles. The van der Waals surface area contributed by atoms with Crippen molar-refractivity contribution < 1.29 is 4.79 Å². The molecule has 202 valence electrons. The Balaban J connectivity index is 1.28. The van der Waals surface area contributed by atoms with Crippen LogP contribution in [0, 0.1) is 5.92 Å². The maximum atomic E-state index is 11.9. The van der Waals surface area contributed by atoms with Crippen molar-refractivity contribution in [2.24, 2.45) is 5.92 Å². The van der Waals surface area contributed by atoms with Crippen molar-refractivity contribution in [3.8, 4) is 0 Å². The number of carbonyl (C=O) groups is 1. The second-order valence-corrected chi connectivity index (χ2v) is 11.6. The van der Waals surface area contributed by atoms with Gasteiger partial charge in [-0.3, -0.25) is 4.79 Å². The van der Waals surface area contributed by atoms with Gasteiger partial charge in [0.2, 0.25) is 5.91 Å². The topological polar surface area (TPSA) is 78.7 Å². The minimum absolute atomic E-state index is 0.137. The third kappa shape index (κ3) is 4.92. The molecular weight excluding hydrogens is 486 g/mol. The van der Waals surface area contributed by atoms with Crippen molar-refractivity contribution in [2.75, 3.05) is 36.4 Å². The number of hydrogen-bond acceptors (Lipinski definition) is 6. The second kappa shape index (κ2) is 10.1. The molecule has 1 atom stereocenters. The van der Waals surface area contributed by atoms with E-state index in [0.29, 0.717) is 30.7 Å². The van der Waals surface area contributed by atoms with Crippen LogP contribution in [0.2, 0.25) is 0 Å². The van der Waals surface area contributed by atoms with Gasteiger partial charge in [0, 0.05) is 45.1 Å². The smallest absolute Gasteiger partial charge is 0.256 e. The summed E-state index contributed by atoms with van der Waals surface area (Å²) in [6.07, 6.45) is 8.64. The fraction of sp³-hybridized carbons (Fsp3) is 0.484. The molecule has 3 fully saturated rings. The zero-order valence-electron chi connectivity index (χ0n) is 22.7. The first-order valence-corrected chi connectivity index (χ1v) is 14.7. The first-order valence-electron chi connectivity index (χ1n) is 14.7. The number of nitrogens with zero attached hydrogens (tertiary/aromatic N) is 6. The highest BCUT2D eigenvalue weighted by Gasteiger charge is 2.31. The monoisotopic (exact) mass is 523 g/mol. The van der Waals surface area contributed by atoms with Crippen LogP contribution < -0.4 is 10.2 Å². The first-order chi connectivity index (χ1) is 19.1. The molecule has 1 amide bonds. The number of nitrogens with one attached hydrogen (secondary N) is 1. The van der Waals surface area contributed by atoms with Crippen molar-refractivity contribution in [3.63, 3.8) is 0 Å². The largest absolute Gasteiger partial charge is 0.363 e. The molecule has 0 unspecified atom stereocenters. The molecule has 3 heterocycles. The predicted octanol–water partition coefficient (Wildman–Crippen LogP) is 5.56. The summed E-state index contributed by atoms with van der Waals surface area (Å²) in [7, 11) is 0. The average Bonchev–Trinajstić information content (AvgIpc) is 3.74. The number of anilines is 2. The van der Waals surface area contributed by atoms with Crippen LogP contribution in [0.5, 0.6) is 0 Å². The molecule has 0 radical (unpaired) electrons. The van der Waals surface area contributed by atoms with E-state index in [1.807, 2.05) is 9.42 Å². The number of aromatic nitrogens is 4. The Morgan fingerprint density at radius 1 is 0.897 bits per heavy atom. The maximum absolute atomic E-state index is 11.9. The van der Waals surface area contributed by atoms with Gasteiger partial charge < -0.3 is 15.1 Å². The van der Waals surface area contributed by atoms with E-state index in [1.165, 1.54) is 48.4 Å². The van der Waals surface area contributed by atoms with Gasteiger partial charge in [-0.2, -0.15) is 14.5 Å². The number of rotatable bonds is 6. The summed E-state index contributed by atoms with van der Waals surface area (Å²) in [5.74, 6) is 4.57. The van der Waals surface area contributed by atoms with Gasteiger partial charge in [-0.05, 0) is 54.0 Å². The SMILES string of the molecule is CC(=O)N1CCN(c2cc(N[C@@H](c3ccc4ccccc4c3)C3CCCCC3)n3nc(C4CC4)nc3n2)CC1. The summed E-state index contributed by atoms with van der Waals surface area (Å²) in [4.78, 5) is 25.9. The Hall–Kier alpha value is -3.68. The molecule has 2 saturated carbocycles. The highest BCUT2D eigenvalue weighted by molar-refractivity contribution is 5.83. The van der Waals surface area contributed by atoms with Crippen LogP contribution >= 0.6 is 0 Å². The molecule has 3 aliphatic rings. The quantitative estimate of drug-likeness (QED) is 0.357. The fourth-order valence-electron chi connectivity index (χ4n) is 6.40. The normalized spacial score (nSPS) is 19.5. The lowest BCUT2D eigenvalue weighted by molar-refractivity contribution is -0.129. The number of amides is 1. The average molecular weight is 524 g/mol. The van der Waals surface area contributed by atoms with E-state index in [2.05, 4.69) is 58.7 Å². The van der Waals surface area contributed by atoms with E-state index in [4.69, 9.17) is 15.1 Å². The molecule has 4 aromatic rings. The number of carbonyl (C=O) groups excluding carboxylic acids is 1. The van der Waals surface area contributed by atoms with Crippen LogP contribution in [-0.2, 0) is 4.79 Å². The molecule has 39 heavy (non-hydrogen) atoms. The fourth-order valence-corrected chi connectivity index (χ4v) is 6.40. The first kappa shape index (κ1) is 24.4. The van der Waals surface area contributed by atoms with Gasteiger partial charge in [-0.1, -0.05) is 55.7 Å². The van der Waals surface area contributed by atoms with Gasteiger partial charge in [0.1, 0.15) is 11.6 Å². The zero-order valence-corrected chi connectivity index (χ0v) is 22.7. The summed E-state index contributed by atoms with van der Waals surface area (Å²) in [6, 6.07) is 17.9. The third-order valence-electron chi connectivity index (χ3n) is 8.86. The van der Waals surface area contributed by atoms with Crippen molar-refractivity contribution >= 4 is 34.1 Å². The van der Waals surface area contributed by atoms with E-state index in [9.17, 15) is 4.79 Å². The molecule has 1 N–H and O–H groups in total. The summed E-state index contributed by atoms with van der Waals surface area (Å²) in [5, 5.41) is 11.5. The maximum Gasteiger partial charge on any atom is 0.256 e. The van der Waals surface area contributed by atoms with Crippen LogP contribution in [0.4, 0.5) is 11.6 Å². The number of piperazine rings is 1. The van der Waals surface area contributed by atoms with Crippen molar-refractivity contribution in [1.29, 1.82) is 0 Å². The minimum Gasteiger partial charge on any atom is -0.363 e. The lowest BCUT2D eigenvalue weighted by Crippen LogP contribution is -2.48. The molecule has 0 bridgehead atoms. The Bertz CT molecular complexity index is 1500. The van der Waals surface area contributed by atoms with E-state index in [0.717, 1.165) is 43.4 Å². The standard InChI is InChI=1S/C31H37N7O/c1-21(39)36-15-17-37(18-16-36)27-20-28(38-31(33-27)34-30(35-38)24-12-13-24)32-29(23-8-3-2-4-9-23)26-14-11-22-7-5-6-10-25(22)19-26/h5-7,10-11,14,19-20,23-24,29,32H,2-4,8-9,12-13,15-18H2,1H3/t29-/m1/s1. The van der Waals surface area contributed by atoms with Crippen LogP contribution in [0.1, 0.15) is 75.2 Å². The molecule has 2 aromatic carbocycles. The van der Waals surface area contributed by atoms with Crippen LogP contribution in [-0.4, -0.2) is 56.6 Å². The highest BCUT2D eigenvalue weighted by Crippen LogP contribution is 2.40. The molecule has 2 aromatic heterocycles. The molecule has 2 aliphatic carbocycles. The Morgan fingerprint density at radius 2 is 1.67 bits per heavy atom. The van der Waals surface area contributed by atoms with Crippen molar-refractivity contribution in [3.05, 3.63) is 59.9 Å². The highest BCUT2D eigenvalue weighted by atomic mass is 16.2. The zero-order chi connectivity index (χ0) is 26.3. The number of hydrogen-bond donors (Lipinski definition) is 1. The molecule has 8 heteroatoms. The van der Waals surface area contributed by atoms with E-state index in [1.54, 1.807) is 6.92 Å². The molecular formula is C31H37N7O. The summed E-state index contributed by atoms with van der Waals surface area (Å²) < 4.78 is 1.93. The summed E-state index contributed by atoms with van der Waals surface area (Å²) >= 11 is 0. The Labute approximate surface area is 229 Å². The van der Waals surface area contributed by atoms with E-state index < -0.39 is 0 Å². The van der Waals surface area contributed by atoms with E-state index >= 15 is 0 Å². The molecule has 8 nitrogen and oxygen atoms in total. The summed E-state index contributed by atoms with van der Waals surface area (Å²) in [6.45, 7) is 4.61. The number of benzene rings is 2. The molecule has 0 spiro atoms. The van der Waals surface area contributed by atoms with Gasteiger partial charge >= 0.3 is 0 Å². The molecule has 7 rings (SSSR count).